The first-order valence-corrected chi connectivity index (χ1v) is 9.01. The van der Waals surface area contributed by atoms with Gasteiger partial charge in [0, 0.05) is 20.4 Å². The molecular weight excluding hydrogens is 340 g/mol. The summed E-state index contributed by atoms with van der Waals surface area (Å²) in [6, 6.07) is 8.85. The number of rotatable bonds is 4. The second-order valence-corrected chi connectivity index (χ2v) is 7.45. The molecule has 2 amide bonds. The van der Waals surface area contributed by atoms with E-state index in [-0.39, 0.29) is 17.1 Å². The Labute approximate surface area is 153 Å². The average molecular weight is 366 g/mol. The molecule has 0 saturated carbocycles. The number of nitrogens with zero attached hydrogens (tertiary/aromatic N) is 1. The third kappa shape index (κ3) is 6.78. The Morgan fingerprint density at radius 1 is 1.28 bits per heavy atom. The number of nitrogens with one attached hydrogen (secondary N) is 1. The van der Waals surface area contributed by atoms with Crippen molar-refractivity contribution in [2.24, 2.45) is 0 Å². The van der Waals surface area contributed by atoms with E-state index >= 15 is 0 Å². The predicted octanol–water partition coefficient (Wildman–Crippen LogP) is 1.83. The summed E-state index contributed by atoms with van der Waals surface area (Å²) in [5.41, 5.74) is 0.978. The zero-order valence-corrected chi connectivity index (χ0v) is 16.1. The van der Waals surface area contributed by atoms with Crippen molar-refractivity contribution < 1.29 is 19.1 Å². The lowest BCUT2D eigenvalue weighted by molar-refractivity contribution is -0.144. The van der Waals surface area contributed by atoms with Gasteiger partial charge in [-0.1, -0.05) is 30.3 Å². The maximum atomic E-state index is 11.4. The summed E-state index contributed by atoms with van der Waals surface area (Å²) in [6.07, 6.45) is 0.438. The molecule has 1 aliphatic heterocycles. The van der Waals surface area contributed by atoms with Crippen LogP contribution in [0.15, 0.2) is 30.3 Å². The second kappa shape index (κ2) is 10.1. The quantitative estimate of drug-likeness (QED) is 0.823. The number of ether oxygens (including phenoxy) is 1. The van der Waals surface area contributed by atoms with Crippen LogP contribution in [0.4, 0.5) is 0 Å². The molecule has 2 rings (SSSR count). The maximum Gasteiger partial charge on any atom is 0.328 e. The van der Waals surface area contributed by atoms with Crippen LogP contribution >= 0.6 is 11.8 Å². The van der Waals surface area contributed by atoms with E-state index in [0.717, 1.165) is 5.56 Å². The molecule has 3 atom stereocenters. The van der Waals surface area contributed by atoms with Gasteiger partial charge in [0.15, 0.2) is 0 Å². The molecule has 1 aromatic carbocycles. The van der Waals surface area contributed by atoms with Gasteiger partial charge in [0.2, 0.25) is 11.8 Å². The van der Waals surface area contributed by atoms with Crippen LogP contribution in [0.25, 0.3) is 0 Å². The maximum absolute atomic E-state index is 11.4. The Kier molecular flexibility index (Phi) is 8.48. The zero-order valence-electron chi connectivity index (χ0n) is 15.3. The van der Waals surface area contributed by atoms with Gasteiger partial charge in [-0.15, -0.1) is 11.8 Å². The number of esters is 1. The van der Waals surface area contributed by atoms with Crippen LogP contribution in [0.3, 0.4) is 0 Å². The lowest BCUT2D eigenvalue weighted by atomic mass is 10.1. The molecule has 0 bridgehead atoms. The Hall–Kier alpha value is -2.02. The van der Waals surface area contributed by atoms with Gasteiger partial charge in [-0.3, -0.25) is 9.59 Å². The van der Waals surface area contributed by atoms with Gasteiger partial charge in [-0.2, -0.15) is 0 Å². The van der Waals surface area contributed by atoms with E-state index in [1.54, 1.807) is 16.7 Å². The normalized spacial score (nSPS) is 20.4. The number of methoxy groups -OCH3 is 1. The van der Waals surface area contributed by atoms with E-state index in [1.165, 1.54) is 14.0 Å². The number of thioether (sulfide) groups is 1. The summed E-state index contributed by atoms with van der Waals surface area (Å²) in [7, 11) is 3.16. The van der Waals surface area contributed by atoms with E-state index < -0.39 is 12.0 Å². The molecule has 0 radical (unpaired) electrons. The molecule has 0 aromatic heterocycles. The van der Waals surface area contributed by atoms with Crippen LogP contribution in [0.2, 0.25) is 0 Å². The smallest absolute Gasteiger partial charge is 0.328 e. The van der Waals surface area contributed by atoms with Gasteiger partial charge < -0.3 is 15.0 Å². The highest BCUT2D eigenvalue weighted by molar-refractivity contribution is 8.01. The van der Waals surface area contributed by atoms with Crippen LogP contribution in [-0.4, -0.2) is 53.5 Å². The van der Waals surface area contributed by atoms with Crippen molar-refractivity contribution in [2.45, 2.75) is 43.9 Å². The first-order valence-electron chi connectivity index (χ1n) is 8.07. The van der Waals surface area contributed by atoms with E-state index in [1.807, 2.05) is 51.2 Å². The van der Waals surface area contributed by atoms with Crippen molar-refractivity contribution in [2.75, 3.05) is 14.2 Å². The minimum Gasteiger partial charge on any atom is -0.467 e. The van der Waals surface area contributed by atoms with Gasteiger partial charge in [0.25, 0.3) is 0 Å². The van der Waals surface area contributed by atoms with Gasteiger partial charge in [0.1, 0.15) is 6.04 Å². The number of carbonyl (C=O) groups excluding carboxylic acids is 3. The fraction of sp³-hybridized carbons (Fsp3) is 0.500. The number of amides is 2. The number of benzene rings is 1. The van der Waals surface area contributed by atoms with Crippen LogP contribution in [-0.2, 0) is 25.5 Å². The molecule has 6 nitrogen and oxygen atoms in total. The highest BCUT2D eigenvalue weighted by Crippen LogP contribution is 2.28. The topological polar surface area (TPSA) is 75.7 Å². The van der Waals surface area contributed by atoms with E-state index in [2.05, 4.69) is 10.1 Å². The SMILES string of the molecule is CC1SC(C)N(C)C1=O.COC(=O)C(Cc1ccccc1)NC(C)=O. The summed E-state index contributed by atoms with van der Waals surface area (Å²) in [4.78, 5) is 35.2. The standard InChI is InChI=1S/C12H15NO3.C6H11NOS/c1-9(14)13-11(12(15)16-2)8-10-6-4-3-5-7-10;1-4-6(8)7(3)5(2)9-4/h3-7,11H,8H2,1-2H3,(H,13,14);4-5H,1-3H3. The minimum atomic E-state index is -0.620. The first kappa shape index (κ1) is 21.0. The van der Waals surface area contributed by atoms with Crippen molar-refractivity contribution in [3.8, 4) is 0 Å². The molecule has 25 heavy (non-hydrogen) atoms. The average Bonchev–Trinajstić information content (AvgIpc) is 2.80. The molecule has 1 fully saturated rings. The van der Waals surface area contributed by atoms with Crippen LogP contribution in [0.1, 0.15) is 26.3 Å². The molecule has 1 aliphatic rings. The molecule has 1 aromatic rings. The molecule has 1 saturated heterocycles. The second-order valence-electron chi connectivity index (χ2n) is 5.79. The number of carbonyl (C=O) groups is 3. The van der Waals surface area contributed by atoms with Crippen LogP contribution < -0.4 is 5.32 Å². The summed E-state index contributed by atoms with van der Waals surface area (Å²) in [5.74, 6) is -0.419. The van der Waals surface area contributed by atoms with Crippen molar-refractivity contribution in [1.82, 2.24) is 10.2 Å². The predicted molar refractivity (Wildman–Crippen MR) is 99.1 cm³/mol. The Morgan fingerprint density at radius 3 is 2.24 bits per heavy atom. The van der Waals surface area contributed by atoms with Crippen molar-refractivity contribution in [1.29, 1.82) is 0 Å². The van der Waals surface area contributed by atoms with E-state index in [9.17, 15) is 14.4 Å². The minimum absolute atomic E-state index is 0.171. The Morgan fingerprint density at radius 2 is 1.88 bits per heavy atom. The zero-order chi connectivity index (χ0) is 19.0. The molecule has 7 heteroatoms. The third-order valence-electron chi connectivity index (χ3n) is 3.79. The van der Waals surface area contributed by atoms with Crippen molar-refractivity contribution in [3.63, 3.8) is 0 Å². The number of hydrogen-bond acceptors (Lipinski definition) is 5. The summed E-state index contributed by atoms with van der Waals surface area (Å²) < 4.78 is 4.63. The Balaban J connectivity index is 0.000000293. The molecular formula is C18H26N2O4S. The van der Waals surface area contributed by atoms with Crippen molar-refractivity contribution >= 4 is 29.5 Å². The van der Waals surface area contributed by atoms with E-state index in [4.69, 9.17) is 0 Å². The largest absolute Gasteiger partial charge is 0.467 e. The van der Waals surface area contributed by atoms with Gasteiger partial charge in [-0.25, -0.2) is 4.79 Å². The van der Waals surface area contributed by atoms with Crippen molar-refractivity contribution in [3.05, 3.63) is 35.9 Å². The lowest BCUT2D eigenvalue weighted by Gasteiger charge is -2.15. The first-order chi connectivity index (χ1) is 11.8. The van der Waals surface area contributed by atoms with Crippen LogP contribution in [0, 0.1) is 0 Å². The molecule has 0 aliphatic carbocycles. The highest BCUT2D eigenvalue weighted by Gasteiger charge is 2.31. The summed E-state index contributed by atoms with van der Waals surface area (Å²) in [6.45, 7) is 5.38. The summed E-state index contributed by atoms with van der Waals surface area (Å²) >= 11 is 1.71. The monoisotopic (exact) mass is 366 g/mol. The fourth-order valence-corrected chi connectivity index (χ4v) is 3.50. The van der Waals surface area contributed by atoms with Gasteiger partial charge >= 0.3 is 5.97 Å². The molecule has 3 unspecified atom stereocenters. The molecule has 0 spiro atoms. The molecule has 1 heterocycles. The summed E-state index contributed by atoms with van der Waals surface area (Å²) in [5, 5.41) is 3.10. The molecule has 1 N–H and O–H groups in total. The van der Waals surface area contributed by atoms with Gasteiger partial charge in [0.05, 0.1) is 17.7 Å². The highest BCUT2D eigenvalue weighted by atomic mass is 32.2. The lowest BCUT2D eigenvalue weighted by Crippen LogP contribution is -2.41. The van der Waals surface area contributed by atoms with E-state index in [0.29, 0.717) is 11.8 Å². The van der Waals surface area contributed by atoms with Gasteiger partial charge in [-0.05, 0) is 19.4 Å². The van der Waals surface area contributed by atoms with Crippen LogP contribution in [0.5, 0.6) is 0 Å². The molecule has 138 valence electrons. The Bertz CT molecular complexity index is 594. The number of hydrogen-bond donors (Lipinski definition) is 1. The fourth-order valence-electron chi connectivity index (χ4n) is 2.34. The third-order valence-corrected chi connectivity index (χ3v) is 5.11.